The van der Waals surface area contributed by atoms with Crippen molar-refractivity contribution in [3.63, 3.8) is 0 Å². The molecule has 9 heteroatoms. The molecule has 0 spiro atoms. The van der Waals surface area contributed by atoms with E-state index in [1.54, 1.807) is 18.1 Å². The second-order valence-electron chi connectivity index (χ2n) is 13.4. The van der Waals surface area contributed by atoms with E-state index in [0.29, 0.717) is 36.0 Å². The van der Waals surface area contributed by atoms with Gasteiger partial charge in [-0.2, -0.15) is 0 Å². The molecule has 8 nitrogen and oxygen atoms in total. The highest BCUT2D eigenvalue weighted by molar-refractivity contribution is 6.30. The fourth-order valence-electron chi connectivity index (χ4n) is 6.72. The predicted molar refractivity (Wildman–Crippen MR) is 190 cm³/mol. The Morgan fingerprint density at radius 2 is 1.60 bits per heavy atom. The number of hydrogen-bond donors (Lipinski definition) is 1. The van der Waals surface area contributed by atoms with Crippen molar-refractivity contribution in [1.82, 2.24) is 14.8 Å². The maximum Gasteiger partial charge on any atom is 0.410 e. The summed E-state index contributed by atoms with van der Waals surface area (Å²) in [6.45, 7) is 8.80. The van der Waals surface area contributed by atoms with Crippen molar-refractivity contribution in [2.24, 2.45) is 0 Å². The third kappa shape index (κ3) is 6.20. The van der Waals surface area contributed by atoms with Crippen LogP contribution in [0.15, 0.2) is 91.0 Å². The SMILES string of the molecule is COc1ccc(Cl)cc1[C@H](c1cc2ccccc2[nH]1)N1Cc2ccc(-c3ccc(N4CCN(C(=O)OC(C)(C)C)CC4)cc3)cc2C1=O. The summed E-state index contributed by atoms with van der Waals surface area (Å²) in [5.41, 5.74) is 6.98. The molecule has 1 N–H and O–H groups in total. The maximum absolute atomic E-state index is 14.3. The number of piperazine rings is 1. The molecule has 3 heterocycles. The number of halogens is 1. The van der Waals surface area contributed by atoms with Gasteiger partial charge in [0.05, 0.1) is 7.11 Å². The van der Waals surface area contributed by atoms with Crippen LogP contribution in [0.2, 0.25) is 5.02 Å². The molecule has 48 heavy (non-hydrogen) atoms. The number of nitrogens with one attached hydrogen (secondary N) is 1. The molecule has 2 amide bonds. The second kappa shape index (κ2) is 12.6. The lowest BCUT2D eigenvalue weighted by Crippen LogP contribution is -2.50. The number of methoxy groups -OCH3 is 1. The number of rotatable bonds is 6. The lowest BCUT2D eigenvalue weighted by atomic mass is 10.00. The number of ether oxygens (including phenoxy) is 2. The molecule has 0 radical (unpaired) electrons. The summed E-state index contributed by atoms with van der Waals surface area (Å²) in [7, 11) is 1.64. The fraction of sp³-hybridized carbons (Fsp3) is 0.282. The number of aromatic amines is 1. The predicted octanol–water partition coefficient (Wildman–Crippen LogP) is 8.30. The van der Waals surface area contributed by atoms with Crippen molar-refractivity contribution in [2.45, 2.75) is 39.0 Å². The monoisotopic (exact) mass is 662 g/mol. The van der Waals surface area contributed by atoms with Gasteiger partial charge in [0, 0.05) is 65.8 Å². The summed E-state index contributed by atoms with van der Waals surface area (Å²) in [4.78, 5) is 36.3. The minimum absolute atomic E-state index is 0.0444. The van der Waals surface area contributed by atoms with Gasteiger partial charge in [-0.15, -0.1) is 0 Å². The lowest BCUT2D eigenvalue weighted by Gasteiger charge is -2.36. The normalized spacial score (nSPS) is 15.5. The Morgan fingerprint density at radius 1 is 0.875 bits per heavy atom. The van der Waals surface area contributed by atoms with Crippen LogP contribution in [0.3, 0.4) is 0 Å². The highest BCUT2D eigenvalue weighted by Crippen LogP contribution is 2.42. The molecule has 5 aromatic rings. The Kier molecular flexibility index (Phi) is 8.29. The smallest absolute Gasteiger partial charge is 0.410 e. The van der Waals surface area contributed by atoms with Crippen LogP contribution < -0.4 is 9.64 Å². The van der Waals surface area contributed by atoms with Crippen molar-refractivity contribution in [1.29, 1.82) is 0 Å². The van der Waals surface area contributed by atoms with Gasteiger partial charge in [-0.25, -0.2) is 4.79 Å². The van der Waals surface area contributed by atoms with E-state index in [4.69, 9.17) is 21.1 Å². The molecule has 1 saturated heterocycles. The Morgan fingerprint density at radius 3 is 2.31 bits per heavy atom. The van der Waals surface area contributed by atoms with Crippen LogP contribution in [-0.2, 0) is 11.3 Å². The maximum atomic E-state index is 14.3. The van der Waals surface area contributed by atoms with Crippen molar-refractivity contribution < 1.29 is 19.1 Å². The van der Waals surface area contributed by atoms with Crippen LogP contribution in [0.4, 0.5) is 10.5 Å². The summed E-state index contributed by atoms with van der Waals surface area (Å²) in [6, 6.07) is 29.8. The third-order valence-electron chi connectivity index (χ3n) is 9.08. The highest BCUT2D eigenvalue weighted by atomic mass is 35.5. The number of carbonyl (C=O) groups excluding carboxylic acids is 2. The van der Waals surface area contributed by atoms with E-state index >= 15 is 0 Å². The Hall–Kier alpha value is -4.95. The van der Waals surface area contributed by atoms with Crippen LogP contribution in [0.1, 0.15) is 54.0 Å². The van der Waals surface area contributed by atoms with Gasteiger partial charge >= 0.3 is 6.09 Å². The van der Waals surface area contributed by atoms with E-state index in [9.17, 15) is 9.59 Å². The number of benzene rings is 4. The highest BCUT2D eigenvalue weighted by Gasteiger charge is 2.37. The minimum Gasteiger partial charge on any atom is -0.496 e. The van der Waals surface area contributed by atoms with Crippen LogP contribution in [0.5, 0.6) is 5.75 Å². The number of aromatic nitrogens is 1. The molecule has 2 aliphatic heterocycles. The van der Waals surface area contributed by atoms with Crippen molar-refractivity contribution >= 4 is 40.2 Å². The summed E-state index contributed by atoms with van der Waals surface area (Å²) in [5, 5.41) is 1.64. The molecule has 1 atom stereocenters. The van der Waals surface area contributed by atoms with E-state index in [0.717, 1.165) is 57.6 Å². The van der Waals surface area contributed by atoms with Gasteiger partial charge in [-0.1, -0.05) is 54.1 Å². The number of para-hydroxylation sites is 1. The fourth-order valence-corrected chi connectivity index (χ4v) is 6.90. The zero-order chi connectivity index (χ0) is 33.6. The number of H-pyrrole nitrogens is 1. The average Bonchev–Trinajstić information content (AvgIpc) is 3.65. The molecule has 1 fully saturated rings. The van der Waals surface area contributed by atoms with Crippen molar-refractivity contribution in [2.75, 3.05) is 38.2 Å². The van der Waals surface area contributed by atoms with E-state index in [1.807, 2.05) is 62.1 Å². The van der Waals surface area contributed by atoms with Gasteiger partial charge < -0.3 is 29.2 Å². The number of amides is 2. The molecular weight excluding hydrogens is 624 g/mol. The van der Waals surface area contributed by atoms with E-state index in [2.05, 4.69) is 58.4 Å². The first kappa shape index (κ1) is 31.6. The number of hydrogen-bond acceptors (Lipinski definition) is 5. The lowest BCUT2D eigenvalue weighted by molar-refractivity contribution is 0.0240. The summed E-state index contributed by atoms with van der Waals surface area (Å²) in [6.07, 6.45) is -0.262. The molecule has 0 unspecified atom stereocenters. The van der Waals surface area contributed by atoms with Crippen molar-refractivity contribution in [3.8, 4) is 16.9 Å². The van der Waals surface area contributed by atoms with Crippen LogP contribution in [0.25, 0.3) is 22.0 Å². The Labute approximate surface area is 285 Å². The summed E-state index contributed by atoms with van der Waals surface area (Å²) < 4.78 is 11.3. The molecule has 0 saturated carbocycles. The second-order valence-corrected chi connectivity index (χ2v) is 13.8. The van der Waals surface area contributed by atoms with Crippen LogP contribution in [0, 0.1) is 0 Å². The standard InChI is InChI=1S/C39H39ClN4O4/c1-39(2,3)48-38(46)43-19-17-42(18-20-43)30-14-11-25(12-15-30)26-9-10-28-24-44(37(45)31(28)21-26)36(32-23-29(40)13-16-35(32)47-4)34-22-27-7-5-6-8-33(27)41-34/h5-16,21-23,36,41H,17-20,24H2,1-4H3/t36-/m1/s1. The third-order valence-corrected chi connectivity index (χ3v) is 9.32. The zero-order valence-electron chi connectivity index (χ0n) is 27.6. The molecule has 2 aliphatic rings. The van der Waals surface area contributed by atoms with Crippen molar-refractivity contribution in [3.05, 3.63) is 118 Å². The topological polar surface area (TPSA) is 78.1 Å². The molecule has 0 bridgehead atoms. The first-order chi connectivity index (χ1) is 23.1. The molecule has 4 aromatic carbocycles. The zero-order valence-corrected chi connectivity index (χ0v) is 28.4. The van der Waals surface area contributed by atoms with E-state index in [-0.39, 0.29) is 12.0 Å². The number of anilines is 1. The molecule has 0 aliphatic carbocycles. The molecule has 7 rings (SSSR count). The summed E-state index contributed by atoms with van der Waals surface area (Å²) >= 11 is 6.51. The number of fused-ring (bicyclic) bond motifs is 2. The minimum atomic E-state index is -0.507. The number of carbonyl (C=O) groups is 2. The van der Waals surface area contributed by atoms with Gasteiger partial charge in [-0.3, -0.25) is 4.79 Å². The summed E-state index contributed by atoms with van der Waals surface area (Å²) in [5.74, 6) is 0.621. The van der Waals surface area contributed by atoms with Gasteiger partial charge in [0.25, 0.3) is 5.91 Å². The van der Waals surface area contributed by atoms with Crippen LogP contribution >= 0.6 is 11.6 Å². The average molecular weight is 663 g/mol. The number of nitrogens with zero attached hydrogens (tertiary/aromatic N) is 3. The van der Waals surface area contributed by atoms with E-state index < -0.39 is 11.6 Å². The van der Waals surface area contributed by atoms with Gasteiger partial charge in [0.15, 0.2) is 0 Å². The van der Waals surface area contributed by atoms with Gasteiger partial charge in [0.1, 0.15) is 17.4 Å². The van der Waals surface area contributed by atoms with Gasteiger partial charge in [0.2, 0.25) is 0 Å². The molecule has 1 aromatic heterocycles. The quantitative estimate of drug-likeness (QED) is 0.198. The Bertz CT molecular complexity index is 1960. The van der Waals surface area contributed by atoms with E-state index in [1.165, 1.54) is 0 Å². The molecular formula is C39H39ClN4O4. The Balaban J connectivity index is 1.12. The largest absolute Gasteiger partial charge is 0.496 e. The van der Waals surface area contributed by atoms with Crippen LogP contribution in [-0.4, -0.2) is 65.7 Å². The first-order valence-electron chi connectivity index (χ1n) is 16.3. The molecule has 246 valence electrons. The first-order valence-corrected chi connectivity index (χ1v) is 16.6. The van der Waals surface area contributed by atoms with Gasteiger partial charge in [-0.05, 0) is 91.4 Å².